The Kier molecular flexibility index (Phi) is 5.09. The number of nitrogens with zero attached hydrogens (tertiary/aromatic N) is 2. The maximum atomic E-state index is 12.2. The van der Waals surface area contributed by atoms with Gasteiger partial charge in [-0.15, -0.1) is 0 Å². The maximum Gasteiger partial charge on any atom is 0.329 e. The van der Waals surface area contributed by atoms with Gasteiger partial charge in [0.2, 0.25) is 0 Å². The van der Waals surface area contributed by atoms with Gasteiger partial charge in [0.05, 0.1) is 11.6 Å². The maximum absolute atomic E-state index is 12.2. The lowest BCUT2D eigenvalue weighted by atomic mass is 10.0. The number of ether oxygens (including phenoxy) is 1. The highest BCUT2D eigenvalue weighted by molar-refractivity contribution is 5.79. The molecule has 1 heterocycles. The Bertz CT molecular complexity index is 513. The number of nitrogens with one attached hydrogen (secondary N) is 1. The summed E-state index contributed by atoms with van der Waals surface area (Å²) >= 11 is 0. The monoisotopic (exact) mass is 275 g/mol. The number of aromatic nitrogens is 1. The minimum atomic E-state index is -0.534. The minimum absolute atomic E-state index is 0.0393. The van der Waals surface area contributed by atoms with E-state index in [0.29, 0.717) is 11.4 Å². The molecule has 0 bridgehead atoms. The van der Waals surface area contributed by atoms with Crippen LogP contribution in [0.25, 0.3) is 0 Å². The first-order chi connectivity index (χ1) is 9.23. The van der Waals surface area contributed by atoms with Crippen molar-refractivity contribution in [2.75, 3.05) is 5.32 Å². The molecule has 0 aromatic carbocycles. The fourth-order valence-electron chi connectivity index (χ4n) is 1.60. The number of carbonyl (C=O) groups excluding carboxylic acids is 1. The van der Waals surface area contributed by atoms with Crippen LogP contribution < -0.4 is 5.32 Å². The Morgan fingerprint density at radius 2 is 2.10 bits per heavy atom. The number of esters is 1. The molecule has 1 rings (SSSR count). The van der Waals surface area contributed by atoms with Gasteiger partial charge in [0.25, 0.3) is 0 Å². The smallest absolute Gasteiger partial charge is 0.329 e. The summed E-state index contributed by atoms with van der Waals surface area (Å²) in [5.41, 5.74) is -0.0393. The van der Waals surface area contributed by atoms with Crippen molar-refractivity contribution in [2.24, 2.45) is 5.92 Å². The van der Waals surface area contributed by atoms with Gasteiger partial charge >= 0.3 is 5.97 Å². The summed E-state index contributed by atoms with van der Waals surface area (Å²) < 4.78 is 5.40. The van der Waals surface area contributed by atoms with Gasteiger partial charge in [-0.25, -0.2) is 9.78 Å². The van der Waals surface area contributed by atoms with Gasteiger partial charge in [-0.2, -0.15) is 5.26 Å². The molecule has 0 fully saturated rings. The summed E-state index contributed by atoms with van der Waals surface area (Å²) in [5.74, 6) is 0.211. The quantitative estimate of drug-likeness (QED) is 0.855. The molecule has 5 heteroatoms. The van der Waals surface area contributed by atoms with Gasteiger partial charge in [0, 0.05) is 6.20 Å². The SMILES string of the molecule is CC(C)[C@H](Nc1cc(C#N)ccn1)C(=O)OC(C)(C)C. The Morgan fingerprint density at radius 3 is 2.60 bits per heavy atom. The third-order valence-corrected chi connectivity index (χ3v) is 2.52. The van der Waals surface area contributed by atoms with Crippen molar-refractivity contribution < 1.29 is 9.53 Å². The van der Waals surface area contributed by atoms with Gasteiger partial charge in [-0.3, -0.25) is 0 Å². The van der Waals surface area contributed by atoms with Crippen molar-refractivity contribution in [2.45, 2.75) is 46.3 Å². The fourth-order valence-corrected chi connectivity index (χ4v) is 1.60. The summed E-state index contributed by atoms with van der Waals surface area (Å²) in [5, 5.41) is 11.9. The van der Waals surface area contributed by atoms with E-state index in [4.69, 9.17) is 10.00 Å². The highest BCUT2D eigenvalue weighted by Gasteiger charge is 2.28. The first-order valence-electron chi connectivity index (χ1n) is 6.58. The lowest BCUT2D eigenvalue weighted by molar-refractivity contribution is -0.156. The number of hydrogen-bond donors (Lipinski definition) is 1. The van der Waals surface area contributed by atoms with Crippen LogP contribution in [-0.4, -0.2) is 22.6 Å². The molecule has 20 heavy (non-hydrogen) atoms. The molecule has 5 nitrogen and oxygen atoms in total. The Balaban J connectivity index is 2.87. The molecule has 1 atom stereocenters. The zero-order chi connectivity index (χ0) is 15.3. The van der Waals surface area contributed by atoms with Crippen LogP contribution >= 0.6 is 0 Å². The van der Waals surface area contributed by atoms with Crippen molar-refractivity contribution >= 4 is 11.8 Å². The van der Waals surface area contributed by atoms with Gasteiger partial charge in [0.15, 0.2) is 0 Å². The van der Waals surface area contributed by atoms with Crippen LogP contribution in [0.2, 0.25) is 0 Å². The van der Waals surface area contributed by atoms with Gasteiger partial charge in [0.1, 0.15) is 17.5 Å². The zero-order valence-corrected chi connectivity index (χ0v) is 12.6. The molecule has 0 aliphatic rings. The number of hydrogen-bond acceptors (Lipinski definition) is 5. The van der Waals surface area contributed by atoms with Crippen molar-refractivity contribution in [3.8, 4) is 6.07 Å². The van der Waals surface area contributed by atoms with Gasteiger partial charge in [-0.1, -0.05) is 13.8 Å². The van der Waals surface area contributed by atoms with Crippen molar-refractivity contribution in [3.05, 3.63) is 23.9 Å². The topological polar surface area (TPSA) is 75.0 Å². The summed E-state index contributed by atoms with van der Waals surface area (Å²) in [6.07, 6.45) is 1.54. The van der Waals surface area contributed by atoms with Crippen LogP contribution in [0.5, 0.6) is 0 Å². The zero-order valence-electron chi connectivity index (χ0n) is 12.6. The van der Waals surface area contributed by atoms with E-state index in [0.717, 1.165) is 0 Å². The van der Waals surface area contributed by atoms with E-state index in [-0.39, 0.29) is 11.9 Å². The van der Waals surface area contributed by atoms with Crippen LogP contribution in [0.4, 0.5) is 5.82 Å². The normalized spacial score (nSPS) is 12.7. The Morgan fingerprint density at radius 1 is 1.45 bits per heavy atom. The number of rotatable bonds is 4. The first-order valence-corrected chi connectivity index (χ1v) is 6.58. The predicted octanol–water partition coefficient (Wildman–Crippen LogP) is 2.73. The lowest BCUT2D eigenvalue weighted by Crippen LogP contribution is -2.40. The van der Waals surface area contributed by atoms with Crippen LogP contribution in [0.1, 0.15) is 40.2 Å². The molecule has 108 valence electrons. The average molecular weight is 275 g/mol. The van der Waals surface area contributed by atoms with Crippen LogP contribution in [0.15, 0.2) is 18.3 Å². The Hall–Kier alpha value is -2.09. The standard InChI is InChI=1S/C15H21N3O2/c1-10(2)13(14(19)20-15(3,4)5)18-12-8-11(9-16)6-7-17-12/h6-8,10,13H,1-5H3,(H,17,18)/t13-/m0/s1. The van der Waals surface area contributed by atoms with E-state index in [1.54, 1.807) is 12.1 Å². The number of carbonyl (C=O) groups is 1. The van der Waals surface area contributed by atoms with E-state index >= 15 is 0 Å². The molecule has 0 amide bonds. The molecule has 0 saturated heterocycles. The number of anilines is 1. The Labute approximate surface area is 120 Å². The summed E-state index contributed by atoms with van der Waals surface area (Å²) in [4.78, 5) is 16.3. The van der Waals surface area contributed by atoms with Gasteiger partial charge in [-0.05, 0) is 38.8 Å². The van der Waals surface area contributed by atoms with Crippen molar-refractivity contribution in [3.63, 3.8) is 0 Å². The number of pyridine rings is 1. The van der Waals surface area contributed by atoms with Crippen LogP contribution in [-0.2, 0) is 9.53 Å². The lowest BCUT2D eigenvalue weighted by Gasteiger charge is -2.26. The third-order valence-electron chi connectivity index (χ3n) is 2.52. The molecular weight excluding hydrogens is 254 g/mol. The van der Waals surface area contributed by atoms with Crippen LogP contribution in [0.3, 0.4) is 0 Å². The van der Waals surface area contributed by atoms with E-state index in [9.17, 15) is 4.79 Å². The molecule has 1 aromatic heterocycles. The van der Waals surface area contributed by atoms with Crippen molar-refractivity contribution in [1.82, 2.24) is 4.98 Å². The second-order valence-electron chi connectivity index (χ2n) is 5.94. The molecule has 1 N–H and O–H groups in total. The second kappa shape index (κ2) is 6.38. The van der Waals surface area contributed by atoms with E-state index in [2.05, 4.69) is 10.3 Å². The minimum Gasteiger partial charge on any atom is -0.458 e. The van der Waals surface area contributed by atoms with E-state index in [1.807, 2.05) is 40.7 Å². The first kappa shape index (κ1) is 16.0. The molecular formula is C15H21N3O2. The molecule has 0 aliphatic heterocycles. The highest BCUT2D eigenvalue weighted by Crippen LogP contribution is 2.16. The molecule has 0 saturated carbocycles. The van der Waals surface area contributed by atoms with E-state index in [1.165, 1.54) is 6.20 Å². The molecule has 0 radical (unpaired) electrons. The molecule has 0 unspecified atom stereocenters. The summed E-state index contributed by atoms with van der Waals surface area (Å²) in [6.45, 7) is 9.34. The second-order valence-corrected chi connectivity index (χ2v) is 5.94. The third kappa shape index (κ3) is 4.88. The van der Waals surface area contributed by atoms with Crippen LogP contribution in [0, 0.1) is 17.2 Å². The average Bonchev–Trinajstić information content (AvgIpc) is 2.33. The van der Waals surface area contributed by atoms with Crippen molar-refractivity contribution in [1.29, 1.82) is 5.26 Å². The summed E-state index contributed by atoms with van der Waals surface area (Å²) in [7, 11) is 0. The largest absolute Gasteiger partial charge is 0.458 e. The predicted molar refractivity (Wildman–Crippen MR) is 77.0 cm³/mol. The molecule has 0 aliphatic carbocycles. The summed E-state index contributed by atoms with van der Waals surface area (Å²) in [6, 6.07) is 4.76. The van der Waals surface area contributed by atoms with Gasteiger partial charge < -0.3 is 10.1 Å². The number of nitriles is 1. The molecule has 1 aromatic rings. The molecule has 0 spiro atoms. The highest BCUT2D eigenvalue weighted by atomic mass is 16.6. The van der Waals surface area contributed by atoms with E-state index < -0.39 is 11.6 Å². The fraction of sp³-hybridized carbons (Fsp3) is 0.533.